The van der Waals surface area contributed by atoms with E-state index in [-0.39, 0.29) is 6.29 Å². The number of methoxy groups -OCH3 is 2. The van der Waals surface area contributed by atoms with E-state index in [0.29, 0.717) is 0 Å². The lowest BCUT2D eigenvalue weighted by Crippen LogP contribution is -2.15. The van der Waals surface area contributed by atoms with Crippen molar-refractivity contribution in [1.29, 1.82) is 0 Å². The summed E-state index contributed by atoms with van der Waals surface area (Å²) in [4.78, 5) is 0. The number of ether oxygens (including phenoxy) is 2. The van der Waals surface area contributed by atoms with Gasteiger partial charge in [0.05, 0.1) is 3.39 Å². The molecule has 82 valence electrons. The minimum atomic E-state index is -0.388. The highest BCUT2D eigenvalue weighted by molar-refractivity contribution is 9.28. The third-order valence-corrected chi connectivity index (χ3v) is 2.81. The van der Waals surface area contributed by atoms with Gasteiger partial charge in [0.15, 0.2) is 6.29 Å². The molecule has 0 amide bonds. The Labute approximate surface area is 107 Å². The van der Waals surface area contributed by atoms with Crippen LogP contribution in [0.3, 0.4) is 0 Å². The van der Waals surface area contributed by atoms with E-state index in [9.17, 15) is 0 Å². The maximum Gasteiger partial charge on any atom is 0.185 e. The van der Waals surface area contributed by atoms with Crippen LogP contribution in [-0.4, -0.2) is 20.5 Å². The van der Waals surface area contributed by atoms with Gasteiger partial charge in [-0.1, -0.05) is 30.3 Å². The Morgan fingerprint density at radius 2 is 1.60 bits per heavy atom. The number of rotatable bonds is 4. The summed E-state index contributed by atoms with van der Waals surface area (Å²) in [7, 11) is 3.22. The molecule has 0 N–H and O–H groups in total. The monoisotopic (exact) mass is 334 g/mol. The maximum absolute atomic E-state index is 5.24. The van der Waals surface area contributed by atoms with Crippen molar-refractivity contribution in [1.82, 2.24) is 0 Å². The van der Waals surface area contributed by atoms with Crippen LogP contribution in [0.1, 0.15) is 5.56 Å². The summed E-state index contributed by atoms with van der Waals surface area (Å²) >= 11 is 6.79. The number of benzene rings is 1. The first-order chi connectivity index (χ1) is 7.20. The molecule has 1 aromatic carbocycles. The Hall–Kier alpha value is -0.160. The van der Waals surface area contributed by atoms with Crippen molar-refractivity contribution in [3.05, 3.63) is 39.3 Å². The lowest BCUT2D eigenvalue weighted by molar-refractivity contribution is -0.0589. The van der Waals surface area contributed by atoms with Crippen LogP contribution in [0.5, 0.6) is 0 Å². The van der Waals surface area contributed by atoms with E-state index in [1.165, 1.54) is 0 Å². The molecule has 0 aliphatic heterocycles. The minimum Gasteiger partial charge on any atom is -0.352 e. The predicted molar refractivity (Wildman–Crippen MR) is 69.0 cm³/mol. The van der Waals surface area contributed by atoms with Gasteiger partial charge in [0.25, 0.3) is 0 Å². The lowest BCUT2D eigenvalue weighted by atomic mass is 10.1. The SMILES string of the molecule is COC(OC)C(=C(Br)Br)c1ccccc1. The van der Waals surface area contributed by atoms with E-state index in [1.807, 2.05) is 30.3 Å². The highest BCUT2D eigenvalue weighted by atomic mass is 79.9. The Balaban J connectivity index is 3.11. The van der Waals surface area contributed by atoms with Gasteiger partial charge in [-0.3, -0.25) is 0 Å². The van der Waals surface area contributed by atoms with Crippen molar-refractivity contribution in [3.8, 4) is 0 Å². The molecule has 15 heavy (non-hydrogen) atoms. The molecule has 0 aliphatic rings. The fourth-order valence-corrected chi connectivity index (χ4v) is 2.12. The van der Waals surface area contributed by atoms with Gasteiger partial charge in [-0.25, -0.2) is 0 Å². The fourth-order valence-electron chi connectivity index (χ4n) is 1.28. The van der Waals surface area contributed by atoms with E-state index < -0.39 is 0 Å². The summed E-state index contributed by atoms with van der Waals surface area (Å²) in [6, 6.07) is 9.92. The minimum absolute atomic E-state index is 0.388. The van der Waals surface area contributed by atoms with Crippen molar-refractivity contribution < 1.29 is 9.47 Å². The van der Waals surface area contributed by atoms with E-state index in [4.69, 9.17) is 9.47 Å². The van der Waals surface area contributed by atoms with Crippen LogP contribution in [-0.2, 0) is 9.47 Å². The topological polar surface area (TPSA) is 18.5 Å². The van der Waals surface area contributed by atoms with Gasteiger partial charge in [0.1, 0.15) is 0 Å². The van der Waals surface area contributed by atoms with Gasteiger partial charge in [0.2, 0.25) is 0 Å². The molecule has 0 bridgehead atoms. The van der Waals surface area contributed by atoms with Gasteiger partial charge in [0, 0.05) is 19.8 Å². The second kappa shape index (κ2) is 6.43. The molecule has 0 fully saturated rings. The summed E-state index contributed by atoms with van der Waals surface area (Å²) in [5, 5.41) is 0. The summed E-state index contributed by atoms with van der Waals surface area (Å²) < 4.78 is 11.3. The van der Waals surface area contributed by atoms with Crippen molar-refractivity contribution >= 4 is 37.4 Å². The smallest absolute Gasteiger partial charge is 0.185 e. The van der Waals surface area contributed by atoms with Gasteiger partial charge in [-0.05, 0) is 37.4 Å². The molecule has 0 heterocycles. The van der Waals surface area contributed by atoms with Gasteiger partial charge in [-0.2, -0.15) is 0 Å². The highest BCUT2D eigenvalue weighted by Crippen LogP contribution is 2.31. The van der Waals surface area contributed by atoms with Crippen LogP contribution in [0.4, 0.5) is 0 Å². The van der Waals surface area contributed by atoms with Gasteiger partial charge < -0.3 is 9.47 Å². The largest absolute Gasteiger partial charge is 0.352 e. The highest BCUT2D eigenvalue weighted by Gasteiger charge is 2.17. The zero-order chi connectivity index (χ0) is 11.3. The average molecular weight is 336 g/mol. The van der Waals surface area contributed by atoms with Crippen LogP contribution < -0.4 is 0 Å². The molecule has 0 aromatic heterocycles. The van der Waals surface area contributed by atoms with Crippen LogP contribution in [0.2, 0.25) is 0 Å². The summed E-state index contributed by atoms with van der Waals surface area (Å²) in [5.41, 5.74) is 1.98. The summed E-state index contributed by atoms with van der Waals surface area (Å²) in [5.74, 6) is 0. The van der Waals surface area contributed by atoms with E-state index in [2.05, 4.69) is 31.9 Å². The van der Waals surface area contributed by atoms with E-state index in [0.717, 1.165) is 14.5 Å². The third kappa shape index (κ3) is 3.41. The Kier molecular flexibility index (Phi) is 5.53. The van der Waals surface area contributed by atoms with Crippen LogP contribution in [0.15, 0.2) is 33.7 Å². The molecular weight excluding hydrogens is 324 g/mol. The molecule has 1 rings (SSSR count). The van der Waals surface area contributed by atoms with Crippen LogP contribution in [0, 0.1) is 0 Å². The van der Waals surface area contributed by atoms with Crippen molar-refractivity contribution in [2.75, 3.05) is 14.2 Å². The van der Waals surface area contributed by atoms with Crippen LogP contribution in [0.25, 0.3) is 5.57 Å². The van der Waals surface area contributed by atoms with E-state index >= 15 is 0 Å². The van der Waals surface area contributed by atoms with Crippen molar-refractivity contribution in [2.45, 2.75) is 6.29 Å². The number of hydrogen-bond acceptors (Lipinski definition) is 2. The van der Waals surface area contributed by atoms with Crippen LogP contribution >= 0.6 is 31.9 Å². The molecule has 0 radical (unpaired) electrons. The van der Waals surface area contributed by atoms with Gasteiger partial charge >= 0.3 is 0 Å². The molecule has 0 saturated heterocycles. The van der Waals surface area contributed by atoms with Crippen molar-refractivity contribution in [2.24, 2.45) is 0 Å². The molecule has 0 unspecified atom stereocenters. The number of halogens is 2. The second-order valence-electron chi connectivity index (χ2n) is 2.84. The molecule has 0 saturated carbocycles. The third-order valence-electron chi connectivity index (χ3n) is 1.95. The first kappa shape index (κ1) is 12.9. The molecule has 1 aromatic rings. The number of hydrogen-bond donors (Lipinski definition) is 0. The predicted octanol–water partition coefficient (Wildman–Crippen LogP) is 3.76. The Morgan fingerprint density at radius 3 is 2.00 bits per heavy atom. The van der Waals surface area contributed by atoms with E-state index in [1.54, 1.807) is 14.2 Å². The van der Waals surface area contributed by atoms with Gasteiger partial charge in [-0.15, -0.1) is 0 Å². The second-order valence-corrected chi connectivity index (χ2v) is 5.49. The molecule has 4 heteroatoms. The first-order valence-electron chi connectivity index (χ1n) is 4.37. The average Bonchev–Trinajstić information content (AvgIpc) is 2.26. The lowest BCUT2D eigenvalue weighted by Gasteiger charge is -2.18. The zero-order valence-corrected chi connectivity index (χ0v) is 11.7. The fraction of sp³-hybridized carbons (Fsp3) is 0.273. The quantitative estimate of drug-likeness (QED) is 0.780. The molecular formula is C11H12Br2O2. The molecule has 0 atom stereocenters. The normalized spacial score (nSPS) is 10.5. The summed E-state index contributed by atoms with van der Waals surface area (Å²) in [6.45, 7) is 0. The first-order valence-corrected chi connectivity index (χ1v) is 5.95. The summed E-state index contributed by atoms with van der Waals surface area (Å²) in [6.07, 6.45) is -0.388. The molecule has 2 nitrogen and oxygen atoms in total. The Morgan fingerprint density at radius 1 is 1.07 bits per heavy atom. The molecule has 0 spiro atoms. The Bertz CT molecular complexity index is 328. The standard InChI is InChI=1S/C11H12Br2O2/c1-14-11(15-2)9(10(12)13)8-6-4-3-5-7-8/h3-7,11H,1-2H3. The molecule has 0 aliphatic carbocycles. The zero-order valence-electron chi connectivity index (χ0n) is 8.54. The van der Waals surface area contributed by atoms with Crippen molar-refractivity contribution in [3.63, 3.8) is 0 Å². The maximum atomic E-state index is 5.24.